The van der Waals surface area contributed by atoms with E-state index >= 15 is 0 Å². The third-order valence-electron chi connectivity index (χ3n) is 6.83. The second kappa shape index (κ2) is 13.5. The molecule has 2 amide bonds. The third kappa shape index (κ3) is 7.63. The molecule has 40 heavy (non-hydrogen) atoms. The summed E-state index contributed by atoms with van der Waals surface area (Å²) >= 11 is 0. The number of amides is 2. The van der Waals surface area contributed by atoms with E-state index in [4.69, 9.17) is 4.74 Å². The Hall–Kier alpha value is -3.85. The maximum atomic E-state index is 14.0. The maximum absolute atomic E-state index is 14.0. The molecule has 3 aromatic rings. The number of aryl methyl sites for hydroxylation is 2. The molecule has 0 aliphatic carbocycles. The van der Waals surface area contributed by atoms with Gasteiger partial charge in [-0.05, 0) is 81.6 Å². The lowest BCUT2D eigenvalue weighted by Crippen LogP contribution is -2.52. The van der Waals surface area contributed by atoms with Gasteiger partial charge in [0.25, 0.3) is 10.0 Å². The highest BCUT2D eigenvalue weighted by Gasteiger charge is 2.32. The van der Waals surface area contributed by atoms with Crippen LogP contribution in [0.1, 0.15) is 43.9 Å². The van der Waals surface area contributed by atoms with Crippen LogP contribution in [0.3, 0.4) is 0 Å². The van der Waals surface area contributed by atoms with Gasteiger partial charge in [-0.25, -0.2) is 8.42 Å². The second-order valence-electron chi connectivity index (χ2n) is 10.0. The second-order valence-corrected chi connectivity index (χ2v) is 11.9. The quantitative estimate of drug-likeness (QED) is 0.339. The number of carbonyl (C=O) groups excluding carboxylic acids is 2. The van der Waals surface area contributed by atoms with E-state index in [0.717, 1.165) is 27.4 Å². The summed E-state index contributed by atoms with van der Waals surface area (Å²) in [5.74, 6) is -0.203. The van der Waals surface area contributed by atoms with Gasteiger partial charge in [-0.3, -0.25) is 13.9 Å². The average molecular weight is 566 g/mol. The monoisotopic (exact) mass is 565 g/mol. The van der Waals surface area contributed by atoms with Gasteiger partial charge in [0.1, 0.15) is 18.3 Å². The van der Waals surface area contributed by atoms with Crippen molar-refractivity contribution in [3.05, 3.63) is 89.5 Å². The molecule has 9 heteroatoms. The van der Waals surface area contributed by atoms with E-state index < -0.39 is 28.5 Å². The molecule has 3 aromatic carbocycles. The highest BCUT2D eigenvalue weighted by Crippen LogP contribution is 2.26. The lowest BCUT2D eigenvalue weighted by molar-refractivity contribution is -0.139. The smallest absolute Gasteiger partial charge is 0.264 e. The standard InChI is InChI=1S/C31H39N3O5S/c1-7-24(4)32-31(36)25(5)33(20-26-11-9-13-28(19-26)39-6)30(35)21-34(27-12-8-10-23(3)18-27)40(37,38)29-16-14-22(2)15-17-29/h8-19,24-25H,7,20-21H2,1-6H3,(H,32,36)/t24-,25-/m0/s1. The molecule has 0 heterocycles. The molecule has 0 fully saturated rings. The summed E-state index contributed by atoms with van der Waals surface area (Å²) in [5, 5.41) is 2.94. The zero-order chi connectivity index (χ0) is 29.4. The van der Waals surface area contributed by atoms with Gasteiger partial charge in [-0.15, -0.1) is 0 Å². The van der Waals surface area contributed by atoms with Gasteiger partial charge in [0.15, 0.2) is 0 Å². The Morgan fingerprint density at radius 1 is 0.925 bits per heavy atom. The van der Waals surface area contributed by atoms with Crippen LogP contribution in [0.15, 0.2) is 77.7 Å². The van der Waals surface area contributed by atoms with Crippen LogP contribution in [0.25, 0.3) is 0 Å². The number of carbonyl (C=O) groups is 2. The molecule has 0 unspecified atom stereocenters. The van der Waals surface area contributed by atoms with Gasteiger partial charge in [0.2, 0.25) is 11.8 Å². The summed E-state index contributed by atoms with van der Waals surface area (Å²) < 4.78 is 34.3. The summed E-state index contributed by atoms with van der Waals surface area (Å²) in [6.45, 7) is 8.86. The number of hydrogen-bond donors (Lipinski definition) is 1. The SMILES string of the molecule is CC[C@H](C)NC(=O)[C@H](C)N(Cc1cccc(OC)c1)C(=O)CN(c1cccc(C)c1)S(=O)(=O)c1ccc(C)cc1. The normalized spacial score (nSPS) is 12.8. The fourth-order valence-corrected chi connectivity index (χ4v) is 5.57. The molecule has 1 N–H and O–H groups in total. The molecule has 0 saturated heterocycles. The van der Waals surface area contributed by atoms with E-state index in [1.54, 1.807) is 56.5 Å². The molecule has 0 bridgehead atoms. The van der Waals surface area contributed by atoms with Gasteiger partial charge >= 0.3 is 0 Å². The Bertz CT molecular complexity index is 1420. The number of benzene rings is 3. The number of hydrogen-bond acceptors (Lipinski definition) is 5. The highest BCUT2D eigenvalue weighted by atomic mass is 32.2. The van der Waals surface area contributed by atoms with E-state index in [1.807, 2.05) is 45.9 Å². The van der Waals surface area contributed by atoms with Crippen LogP contribution in [0, 0.1) is 13.8 Å². The van der Waals surface area contributed by atoms with Crippen LogP contribution >= 0.6 is 0 Å². The van der Waals surface area contributed by atoms with Crippen LogP contribution in [0.5, 0.6) is 5.75 Å². The van der Waals surface area contributed by atoms with Crippen molar-refractivity contribution < 1.29 is 22.7 Å². The van der Waals surface area contributed by atoms with Crippen LogP contribution in [-0.4, -0.2) is 50.9 Å². The molecular formula is C31H39N3O5S. The fraction of sp³-hybridized carbons (Fsp3) is 0.355. The molecule has 8 nitrogen and oxygen atoms in total. The summed E-state index contributed by atoms with van der Waals surface area (Å²) in [7, 11) is -2.55. The van der Waals surface area contributed by atoms with Crippen molar-refractivity contribution in [2.45, 2.75) is 64.6 Å². The molecule has 3 rings (SSSR count). The first kappa shape index (κ1) is 30.7. The van der Waals surface area contributed by atoms with E-state index in [9.17, 15) is 18.0 Å². The lowest BCUT2D eigenvalue weighted by Gasteiger charge is -2.32. The maximum Gasteiger partial charge on any atom is 0.264 e. The van der Waals surface area contributed by atoms with Crippen LogP contribution in [-0.2, 0) is 26.2 Å². The molecular weight excluding hydrogens is 526 g/mol. The van der Waals surface area contributed by atoms with Crippen LogP contribution < -0.4 is 14.4 Å². The zero-order valence-electron chi connectivity index (χ0n) is 24.0. The van der Waals surface area contributed by atoms with Crippen LogP contribution in [0.2, 0.25) is 0 Å². The van der Waals surface area contributed by atoms with Crippen molar-refractivity contribution in [3.63, 3.8) is 0 Å². The zero-order valence-corrected chi connectivity index (χ0v) is 24.9. The molecule has 0 saturated carbocycles. The molecule has 0 aliphatic heterocycles. The Kier molecular flexibility index (Phi) is 10.3. The Balaban J connectivity index is 2.03. The van der Waals surface area contributed by atoms with E-state index in [0.29, 0.717) is 11.4 Å². The lowest BCUT2D eigenvalue weighted by atomic mass is 10.1. The highest BCUT2D eigenvalue weighted by molar-refractivity contribution is 7.92. The molecule has 0 aliphatic rings. The van der Waals surface area contributed by atoms with Crippen LogP contribution in [0.4, 0.5) is 5.69 Å². The topological polar surface area (TPSA) is 96.0 Å². The first-order valence-corrected chi connectivity index (χ1v) is 14.8. The molecule has 2 atom stereocenters. The molecule has 0 radical (unpaired) electrons. The van der Waals surface area contributed by atoms with Gasteiger partial charge in [-0.2, -0.15) is 0 Å². The number of nitrogens with zero attached hydrogens (tertiary/aromatic N) is 2. The van der Waals surface area contributed by atoms with Gasteiger partial charge < -0.3 is 15.0 Å². The van der Waals surface area contributed by atoms with Gasteiger partial charge in [0, 0.05) is 12.6 Å². The molecule has 0 aromatic heterocycles. The minimum absolute atomic E-state index is 0.0746. The minimum Gasteiger partial charge on any atom is -0.497 e. The van der Waals surface area contributed by atoms with E-state index in [1.165, 1.54) is 17.0 Å². The Morgan fingerprint density at radius 2 is 1.60 bits per heavy atom. The van der Waals surface area contributed by atoms with E-state index in [-0.39, 0.29) is 23.4 Å². The van der Waals surface area contributed by atoms with Gasteiger partial charge in [-0.1, -0.05) is 48.9 Å². The number of sulfonamides is 1. The fourth-order valence-electron chi connectivity index (χ4n) is 4.16. The predicted molar refractivity (Wildman–Crippen MR) is 158 cm³/mol. The largest absolute Gasteiger partial charge is 0.497 e. The number of ether oxygens (including phenoxy) is 1. The van der Waals surface area contributed by atoms with Crippen molar-refractivity contribution in [1.82, 2.24) is 10.2 Å². The Morgan fingerprint density at radius 3 is 2.23 bits per heavy atom. The summed E-state index contributed by atoms with van der Waals surface area (Å²) in [4.78, 5) is 28.7. The third-order valence-corrected chi connectivity index (χ3v) is 8.62. The average Bonchev–Trinajstić information content (AvgIpc) is 2.94. The van der Waals surface area contributed by atoms with Crippen molar-refractivity contribution in [2.75, 3.05) is 18.0 Å². The van der Waals surface area contributed by atoms with Gasteiger partial charge in [0.05, 0.1) is 17.7 Å². The van der Waals surface area contributed by atoms with Crippen molar-refractivity contribution in [1.29, 1.82) is 0 Å². The summed E-state index contributed by atoms with van der Waals surface area (Å²) in [6.07, 6.45) is 0.734. The summed E-state index contributed by atoms with van der Waals surface area (Å²) in [6, 6.07) is 19.8. The number of anilines is 1. The van der Waals surface area contributed by atoms with Crippen molar-refractivity contribution >= 4 is 27.5 Å². The first-order chi connectivity index (χ1) is 19.0. The minimum atomic E-state index is -4.10. The van der Waals surface area contributed by atoms with Crippen molar-refractivity contribution in [2.24, 2.45) is 0 Å². The van der Waals surface area contributed by atoms with E-state index in [2.05, 4.69) is 5.32 Å². The molecule has 214 valence electrons. The number of nitrogens with one attached hydrogen (secondary N) is 1. The molecule has 0 spiro atoms. The predicted octanol–water partition coefficient (Wildman–Crippen LogP) is 4.84. The number of rotatable bonds is 12. The Labute approximate surface area is 238 Å². The number of methoxy groups -OCH3 is 1. The first-order valence-electron chi connectivity index (χ1n) is 13.3. The van der Waals surface area contributed by atoms with Crippen molar-refractivity contribution in [3.8, 4) is 5.75 Å². The summed E-state index contributed by atoms with van der Waals surface area (Å²) in [5.41, 5.74) is 2.89.